The molecule has 156 valence electrons. The summed E-state index contributed by atoms with van der Waals surface area (Å²) in [6.45, 7) is 2.10. The number of azo groups is 1. The Morgan fingerprint density at radius 3 is 2.03 bits per heavy atom. The highest BCUT2D eigenvalue weighted by Gasteiger charge is 2.08. The molecule has 1 amide bonds. The van der Waals surface area contributed by atoms with Crippen LogP contribution < -0.4 is 4.90 Å². The van der Waals surface area contributed by atoms with Crippen LogP contribution in [0, 0.1) is 0 Å². The molecule has 0 aliphatic rings. The first kappa shape index (κ1) is 21.6. The fourth-order valence-electron chi connectivity index (χ4n) is 2.71. The number of carbonyl (C=O) groups excluding carboxylic acids is 2. The van der Waals surface area contributed by atoms with Gasteiger partial charge in [0.05, 0.1) is 23.5 Å². The molecule has 0 aliphatic heterocycles. The number of rotatable bonds is 7. The number of anilines is 1. The van der Waals surface area contributed by atoms with Crippen LogP contribution in [-0.2, 0) is 9.53 Å². The topological polar surface area (TPSA) is 71.3 Å². The lowest BCUT2D eigenvalue weighted by Crippen LogP contribution is -2.23. The van der Waals surface area contributed by atoms with Crippen LogP contribution in [0.3, 0.4) is 0 Å². The van der Waals surface area contributed by atoms with E-state index in [4.69, 9.17) is 4.74 Å². The van der Waals surface area contributed by atoms with Gasteiger partial charge in [-0.2, -0.15) is 10.2 Å². The lowest BCUT2D eigenvalue weighted by molar-refractivity contribution is -0.113. The molecule has 0 N–H and O–H groups in total. The normalized spacial score (nSPS) is 11.0. The van der Waals surface area contributed by atoms with E-state index in [1.165, 1.54) is 0 Å². The Hall–Kier alpha value is -4.06. The largest absolute Gasteiger partial charge is 0.462 e. The van der Waals surface area contributed by atoms with Crippen LogP contribution in [0.5, 0.6) is 0 Å². The number of ether oxygens (including phenoxy) is 1. The lowest BCUT2D eigenvalue weighted by atomic mass is 10.2. The average Bonchev–Trinajstić information content (AvgIpc) is 2.82. The molecule has 0 atom stereocenters. The van der Waals surface area contributed by atoms with Crippen molar-refractivity contribution >= 4 is 35.0 Å². The Morgan fingerprint density at radius 1 is 0.871 bits per heavy atom. The molecule has 0 spiro atoms. The number of benzene rings is 3. The smallest absolute Gasteiger partial charge is 0.338 e. The van der Waals surface area contributed by atoms with Gasteiger partial charge in [0, 0.05) is 18.8 Å². The van der Waals surface area contributed by atoms with Crippen molar-refractivity contribution in [2.45, 2.75) is 6.92 Å². The van der Waals surface area contributed by atoms with Crippen molar-refractivity contribution in [2.24, 2.45) is 10.2 Å². The highest BCUT2D eigenvalue weighted by atomic mass is 16.5. The minimum Gasteiger partial charge on any atom is -0.462 e. The second-order valence-electron chi connectivity index (χ2n) is 6.63. The zero-order valence-electron chi connectivity index (χ0n) is 17.4. The van der Waals surface area contributed by atoms with E-state index in [2.05, 4.69) is 10.2 Å². The van der Waals surface area contributed by atoms with Gasteiger partial charge in [0.25, 0.3) is 5.91 Å². The summed E-state index contributed by atoms with van der Waals surface area (Å²) >= 11 is 0. The quantitative estimate of drug-likeness (QED) is 0.273. The molecule has 0 saturated carbocycles. The number of carbonyl (C=O) groups is 2. The lowest BCUT2D eigenvalue weighted by Gasteiger charge is -2.15. The fraction of sp³-hybridized carbons (Fsp3) is 0.120. The van der Waals surface area contributed by atoms with E-state index in [0.717, 1.165) is 11.3 Å². The zero-order valence-corrected chi connectivity index (χ0v) is 17.4. The maximum atomic E-state index is 12.4. The zero-order chi connectivity index (χ0) is 22.1. The first-order chi connectivity index (χ1) is 15.1. The Labute approximate surface area is 181 Å². The van der Waals surface area contributed by atoms with Crippen LogP contribution in [0.25, 0.3) is 6.08 Å². The number of esters is 1. The van der Waals surface area contributed by atoms with Crippen molar-refractivity contribution in [3.05, 3.63) is 96.1 Å². The van der Waals surface area contributed by atoms with Gasteiger partial charge in [-0.1, -0.05) is 30.3 Å². The summed E-state index contributed by atoms with van der Waals surface area (Å²) in [5, 5.41) is 8.38. The molecule has 3 rings (SSSR count). The number of nitrogens with zero attached hydrogens (tertiary/aromatic N) is 3. The summed E-state index contributed by atoms with van der Waals surface area (Å²) in [6.07, 6.45) is 3.33. The van der Waals surface area contributed by atoms with Crippen molar-refractivity contribution < 1.29 is 14.3 Å². The van der Waals surface area contributed by atoms with Crippen LogP contribution in [0.4, 0.5) is 17.1 Å². The summed E-state index contributed by atoms with van der Waals surface area (Å²) in [4.78, 5) is 25.6. The van der Waals surface area contributed by atoms with Crippen molar-refractivity contribution in [3.8, 4) is 0 Å². The Morgan fingerprint density at radius 2 is 1.45 bits per heavy atom. The van der Waals surface area contributed by atoms with E-state index < -0.39 is 0 Å². The van der Waals surface area contributed by atoms with Gasteiger partial charge in [-0.15, -0.1) is 0 Å². The van der Waals surface area contributed by atoms with Gasteiger partial charge >= 0.3 is 5.97 Å². The maximum Gasteiger partial charge on any atom is 0.338 e. The molecular weight excluding hydrogens is 390 g/mol. The highest BCUT2D eigenvalue weighted by Crippen LogP contribution is 2.22. The highest BCUT2D eigenvalue weighted by molar-refractivity contribution is 6.03. The fourth-order valence-corrected chi connectivity index (χ4v) is 2.71. The third kappa shape index (κ3) is 6.21. The number of likely N-dealkylation sites (N-methyl/N-ethyl adjacent to an activating group) is 1. The molecule has 3 aromatic carbocycles. The molecule has 6 heteroatoms. The van der Waals surface area contributed by atoms with E-state index in [0.29, 0.717) is 23.5 Å². The number of amides is 1. The summed E-state index contributed by atoms with van der Waals surface area (Å²) in [6, 6.07) is 23.6. The Bertz CT molecular complexity index is 1070. The van der Waals surface area contributed by atoms with Gasteiger partial charge in [0.15, 0.2) is 0 Å². The molecule has 0 radical (unpaired) electrons. The summed E-state index contributed by atoms with van der Waals surface area (Å²) in [5.41, 5.74) is 3.46. The monoisotopic (exact) mass is 413 g/mol. The van der Waals surface area contributed by atoms with E-state index in [9.17, 15) is 9.59 Å². The predicted molar refractivity (Wildman–Crippen MR) is 122 cm³/mol. The second-order valence-corrected chi connectivity index (χ2v) is 6.63. The van der Waals surface area contributed by atoms with Crippen LogP contribution >= 0.6 is 0 Å². The molecule has 3 aromatic rings. The maximum absolute atomic E-state index is 12.4. The van der Waals surface area contributed by atoms with Crippen LogP contribution in [0.15, 0.2) is 95.2 Å². The van der Waals surface area contributed by atoms with Gasteiger partial charge in [0.2, 0.25) is 0 Å². The van der Waals surface area contributed by atoms with Gasteiger partial charge < -0.3 is 9.64 Å². The van der Waals surface area contributed by atoms with E-state index in [1.807, 2.05) is 42.5 Å². The summed E-state index contributed by atoms with van der Waals surface area (Å²) < 4.78 is 4.96. The van der Waals surface area contributed by atoms with E-state index >= 15 is 0 Å². The first-order valence-electron chi connectivity index (χ1n) is 9.86. The molecule has 0 bridgehead atoms. The van der Waals surface area contributed by atoms with Gasteiger partial charge in [-0.05, 0) is 67.1 Å². The molecule has 0 aliphatic carbocycles. The minimum absolute atomic E-state index is 0.125. The van der Waals surface area contributed by atoms with Crippen molar-refractivity contribution in [2.75, 3.05) is 18.6 Å². The van der Waals surface area contributed by atoms with Crippen LogP contribution in [0.1, 0.15) is 22.8 Å². The van der Waals surface area contributed by atoms with E-state index in [-0.39, 0.29) is 11.9 Å². The number of hydrogen-bond donors (Lipinski definition) is 0. The molecule has 0 fully saturated rings. The molecule has 0 unspecified atom stereocenters. The van der Waals surface area contributed by atoms with Gasteiger partial charge in [-0.3, -0.25) is 4.79 Å². The standard InChI is InChI=1S/C25H23N3O3/c1-3-31-25(30)20-10-12-21(13-11-20)26-27-22-14-16-23(17-15-22)28(2)24(29)18-9-19-7-5-4-6-8-19/h4-18H,3H2,1-2H3/b18-9+,27-26?. The molecule has 6 nitrogen and oxygen atoms in total. The summed E-state index contributed by atoms with van der Waals surface area (Å²) in [5.74, 6) is -0.487. The van der Waals surface area contributed by atoms with Crippen LogP contribution in [0.2, 0.25) is 0 Å². The Balaban J connectivity index is 1.61. The van der Waals surface area contributed by atoms with Gasteiger partial charge in [0.1, 0.15) is 0 Å². The molecule has 0 aromatic heterocycles. The first-order valence-corrected chi connectivity index (χ1v) is 9.86. The van der Waals surface area contributed by atoms with Crippen molar-refractivity contribution in [3.63, 3.8) is 0 Å². The predicted octanol–water partition coefficient (Wildman–Crippen LogP) is 5.95. The minimum atomic E-state index is -0.362. The van der Waals surface area contributed by atoms with E-state index in [1.54, 1.807) is 67.4 Å². The molecule has 31 heavy (non-hydrogen) atoms. The number of hydrogen-bond acceptors (Lipinski definition) is 5. The third-order valence-electron chi connectivity index (χ3n) is 4.44. The SMILES string of the molecule is CCOC(=O)c1ccc(N=Nc2ccc(N(C)C(=O)/C=C/c3ccccc3)cc2)cc1. The van der Waals surface area contributed by atoms with Crippen molar-refractivity contribution in [1.29, 1.82) is 0 Å². The average molecular weight is 413 g/mol. The molecule has 0 saturated heterocycles. The summed E-state index contributed by atoms with van der Waals surface area (Å²) in [7, 11) is 1.72. The van der Waals surface area contributed by atoms with Gasteiger partial charge in [-0.25, -0.2) is 4.79 Å². The van der Waals surface area contributed by atoms with Crippen LogP contribution in [-0.4, -0.2) is 25.5 Å². The molecular formula is C25H23N3O3. The third-order valence-corrected chi connectivity index (χ3v) is 4.44. The Kier molecular flexibility index (Phi) is 7.43. The second kappa shape index (κ2) is 10.6. The molecule has 0 heterocycles. The van der Waals surface area contributed by atoms with Crippen molar-refractivity contribution in [1.82, 2.24) is 0 Å².